The van der Waals surface area contributed by atoms with Crippen molar-refractivity contribution in [3.05, 3.63) is 52.7 Å². The van der Waals surface area contributed by atoms with Crippen molar-refractivity contribution < 1.29 is 4.79 Å². The monoisotopic (exact) mass is 341 g/mol. The van der Waals surface area contributed by atoms with Crippen molar-refractivity contribution >= 4 is 5.91 Å². The number of fused-ring (bicyclic) bond motifs is 1. The minimum atomic E-state index is -0.187. The van der Waals surface area contributed by atoms with Crippen LogP contribution in [0.2, 0.25) is 0 Å². The molecule has 4 rings (SSSR count). The summed E-state index contributed by atoms with van der Waals surface area (Å²) < 4.78 is 2.74. The van der Waals surface area contributed by atoms with E-state index in [-0.39, 0.29) is 11.6 Å². The Morgan fingerprint density at radius 3 is 2.60 bits per heavy atom. The standard InChI is InChI=1S/C18H23N5O2/c1-21-12-19-23(18(21)25)8-7-16(24)20-17-14-10-22(11-15(14)17)9-13-5-3-2-4-6-13/h2-6,12,14-15,17H,7-11H2,1H3,(H,20,24)/t14-,15+,17?. The molecule has 1 aliphatic heterocycles. The van der Waals surface area contributed by atoms with Crippen LogP contribution in [0, 0.1) is 11.8 Å². The second-order valence-electron chi connectivity index (χ2n) is 7.10. The van der Waals surface area contributed by atoms with E-state index in [1.165, 1.54) is 21.1 Å². The number of carbonyl (C=O) groups is 1. The van der Waals surface area contributed by atoms with Crippen molar-refractivity contribution in [2.45, 2.75) is 25.6 Å². The topological polar surface area (TPSA) is 72.2 Å². The van der Waals surface area contributed by atoms with Crippen molar-refractivity contribution in [1.82, 2.24) is 24.6 Å². The molecule has 0 spiro atoms. The van der Waals surface area contributed by atoms with Gasteiger partial charge in [0, 0.05) is 39.1 Å². The van der Waals surface area contributed by atoms with E-state index >= 15 is 0 Å². The molecule has 1 aromatic heterocycles. The predicted octanol–water partition coefficient (Wildman–Crippen LogP) is 0.219. The van der Waals surface area contributed by atoms with Crippen LogP contribution in [0.5, 0.6) is 0 Å². The van der Waals surface area contributed by atoms with Gasteiger partial charge in [-0.25, -0.2) is 9.48 Å². The smallest absolute Gasteiger partial charge is 0.345 e. The van der Waals surface area contributed by atoms with Crippen molar-refractivity contribution in [3.8, 4) is 0 Å². The van der Waals surface area contributed by atoms with E-state index < -0.39 is 0 Å². The summed E-state index contributed by atoms with van der Waals surface area (Å²) in [6.07, 6.45) is 1.76. The van der Waals surface area contributed by atoms with Gasteiger partial charge in [-0.1, -0.05) is 30.3 Å². The summed E-state index contributed by atoms with van der Waals surface area (Å²) in [6.45, 7) is 3.40. The van der Waals surface area contributed by atoms with Gasteiger partial charge in [0.25, 0.3) is 0 Å². The highest BCUT2D eigenvalue weighted by molar-refractivity contribution is 5.76. The maximum absolute atomic E-state index is 12.1. The van der Waals surface area contributed by atoms with Gasteiger partial charge in [-0.3, -0.25) is 14.3 Å². The van der Waals surface area contributed by atoms with Gasteiger partial charge >= 0.3 is 5.69 Å². The number of hydrogen-bond donors (Lipinski definition) is 1. The molecular weight excluding hydrogens is 318 g/mol. The number of aryl methyl sites for hydroxylation is 2. The minimum absolute atomic E-state index is 0.00608. The van der Waals surface area contributed by atoms with Gasteiger partial charge < -0.3 is 5.32 Å². The van der Waals surface area contributed by atoms with Crippen LogP contribution in [0.4, 0.5) is 0 Å². The summed E-state index contributed by atoms with van der Waals surface area (Å²) in [7, 11) is 1.65. The zero-order valence-electron chi connectivity index (χ0n) is 14.3. The number of likely N-dealkylation sites (tertiary alicyclic amines) is 1. The first-order chi connectivity index (χ1) is 12.1. The molecule has 3 atom stereocenters. The summed E-state index contributed by atoms with van der Waals surface area (Å²) in [5.41, 5.74) is 1.15. The zero-order chi connectivity index (χ0) is 17.4. The van der Waals surface area contributed by atoms with Gasteiger partial charge in [0.1, 0.15) is 6.33 Å². The number of aromatic nitrogens is 3. The zero-order valence-corrected chi connectivity index (χ0v) is 14.3. The summed E-state index contributed by atoms with van der Waals surface area (Å²) in [6, 6.07) is 10.8. The highest BCUT2D eigenvalue weighted by Gasteiger charge is 2.56. The van der Waals surface area contributed by atoms with Gasteiger partial charge in [0.05, 0.1) is 6.54 Å². The highest BCUT2D eigenvalue weighted by Crippen LogP contribution is 2.45. The van der Waals surface area contributed by atoms with Crippen LogP contribution < -0.4 is 11.0 Å². The largest absolute Gasteiger partial charge is 0.353 e. The number of piperidine rings is 1. The molecule has 0 bridgehead atoms. The first-order valence-electron chi connectivity index (χ1n) is 8.76. The average Bonchev–Trinajstić information content (AvgIpc) is 2.93. The second kappa shape index (κ2) is 6.48. The van der Waals surface area contributed by atoms with E-state index in [4.69, 9.17) is 0 Å². The molecule has 1 amide bonds. The number of carbonyl (C=O) groups excluding carboxylic acids is 1. The van der Waals surface area contributed by atoms with E-state index in [2.05, 4.69) is 39.6 Å². The molecule has 2 fully saturated rings. The molecule has 1 saturated carbocycles. The lowest BCUT2D eigenvalue weighted by molar-refractivity contribution is -0.121. The lowest BCUT2D eigenvalue weighted by Crippen LogP contribution is -2.35. The number of amides is 1. The Labute approximate surface area is 146 Å². The highest BCUT2D eigenvalue weighted by atomic mass is 16.2. The van der Waals surface area contributed by atoms with Crippen LogP contribution in [0.1, 0.15) is 12.0 Å². The van der Waals surface area contributed by atoms with Crippen molar-refractivity contribution in [1.29, 1.82) is 0 Å². The number of nitrogens with one attached hydrogen (secondary N) is 1. The minimum Gasteiger partial charge on any atom is -0.353 e. The second-order valence-corrected chi connectivity index (χ2v) is 7.10. The Hall–Kier alpha value is -2.41. The fraction of sp³-hybridized carbons (Fsp3) is 0.500. The van der Waals surface area contributed by atoms with Crippen LogP contribution in [-0.4, -0.2) is 44.3 Å². The van der Waals surface area contributed by atoms with Crippen molar-refractivity contribution in [2.75, 3.05) is 13.1 Å². The number of benzene rings is 1. The molecule has 7 heteroatoms. The maximum atomic E-state index is 12.1. The molecule has 0 radical (unpaired) electrons. The van der Waals surface area contributed by atoms with Crippen LogP contribution in [0.15, 0.2) is 41.5 Å². The van der Waals surface area contributed by atoms with Crippen LogP contribution in [0.3, 0.4) is 0 Å². The maximum Gasteiger partial charge on any atom is 0.345 e. The van der Waals surface area contributed by atoms with E-state index in [1.807, 2.05) is 6.07 Å². The van der Waals surface area contributed by atoms with E-state index in [1.54, 1.807) is 7.05 Å². The van der Waals surface area contributed by atoms with Gasteiger partial charge in [-0.05, 0) is 17.4 Å². The average molecular weight is 341 g/mol. The SMILES string of the molecule is Cn1cnn(CCC(=O)NC2[C@H]3CN(Cc4ccccc4)C[C@@H]23)c1=O. The molecule has 7 nitrogen and oxygen atoms in total. The number of nitrogens with zero attached hydrogens (tertiary/aromatic N) is 4. The first-order valence-corrected chi connectivity index (χ1v) is 8.76. The van der Waals surface area contributed by atoms with E-state index in [9.17, 15) is 9.59 Å². The van der Waals surface area contributed by atoms with Crippen LogP contribution in [0.25, 0.3) is 0 Å². The third-order valence-corrected chi connectivity index (χ3v) is 5.28. The molecule has 1 unspecified atom stereocenters. The molecule has 25 heavy (non-hydrogen) atoms. The van der Waals surface area contributed by atoms with Crippen molar-refractivity contribution in [2.24, 2.45) is 18.9 Å². The first kappa shape index (κ1) is 16.1. The van der Waals surface area contributed by atoms with Gasteiger partial charge in [0.2, 0.25) is 5.91 Å². The fourth-order valence-corrected chi connectivity index (χ4v) is 3.84. The Bertz CT molecular complexity index is 800. The molecule has 1 aromatic carbocycles. The fourth-order valence-electron chi connectivity index (χ4n) is 3.84. The molecule has 132 valence electrons. The summed E-state index contributed by atoms with van der Waals surface area (Å²) in [5, 5.41) is 7.09. The number of rotatable bonds is 6. The third-order valence-electron chi connectivity index (χ3n) is 5.28. The Morgan fingerprint density at radius 2 is 1.96 bits per heavy atom. The number of hydrogen-bond acceptors (Lipinski definition) is 4. The lowest BCUT2D eigenvalue weighted by atomic mass is 10.2. The normalized spacial score (nSPS) is 24.9. The predicted molar refractivity (Wildman–Crippen MR) is 92.7 cm³/mol. The van der Waals surface area contributed by atoms with Crippen molar-refractivity contribution in [3.63, 3.8) is 0 Å². The van der Waals surface area contributed by atoms with Gasteiger partial charge in [0.15, 0.2) is 0 Å². The quantitative estimate of drug-likeness (QED) is 0.816. The molecule has 2 aromatic rings. The molecule has 2 aliphatic rings. The molecule has 1 N–H and O–H groups in total. The van der Waals surface area contributed by atoms with Crippen LogP contribution >= 0.6 is 0 Å². The Balaban J connectivity index is 1.21. The van der Waals surface area contributed by atoms with E-state index in [0.29, 0.717) is 30.8 Å². The lowest BCUT2D eigenvalue weighted by Gasteiger charge is -2.19. The molecular formula is C18H23N5O2. The summed E-state index contributed by atoms with van der Waals surface area (Å²) >= 11 is 0. The molecule has 1 aliphatic carbocycles. The van der Waals surface area contributed by atoms with Gasteiger partial charge in [-0.2, -0.15) is 5.10 Å². The summed E-state index contributed by atoms with van der Waals surface area (Å²) in [4.78, 5) is 26.3. The van der Waals surface area contributed by atoms with Crippen LogP contribution in [-0.2, 0) is 24.9 Å². The molecule has 2 heterocycles. The van der Waals surface area contributed by atoms with E-state index in [0.717, 1.165) is 19.6 Å². The summed E-state index contributed by atoms with van der Waals surface area (Å²) in [5.74, 6) is 1.15. The Kier molecular flexibility index (Phi) is 4.17. The van der Waals surface area contributed by atoms with Gasteiger partial charge in [-0.15, -0.1) is 0 Å². The Morgan fingerprint density at radius 1 is 1.24 bits per heavy atom. The third kappa shape index (κ3) is 3.37. The molecule has 1 saturated heterocycles.